The van der Waals surface area contributed by atoms with Crippen LogP contribution in [-0.2, 0) is 16.0 Å². The molecule has 1 aromatic heterocycles. The number of furan rings is 1. The smallest absolute Gasteiger partial charge is 0.305 e. The molecule has 0 saturated heterocycles. The number of nitrogens with one attached hydrogen (secondary N) is 2. The summed E-state index contributed by atoms with van der Waals surface area (Å²) in [5.74, 6) is -2.32. The van der Waals surface area contributed by atoms with E-state index in [0.29, 0.717) is 11.1 Å². The first-order chi connectivity index (χ1) is 11.6. The quantitative estimate of drug-likeness (QED) is 0.621. The second-order valence-electron chi connectivity index (χ2n) is 5.10. The predicted octanol–water partition coefficient (Wildman–Crippen LogP) is 0.266. The van der Waals surface area contributed by atoms with Crippen molar-refractivity contribution in [3.05, 3.63) is 59.5 Å². The van der Waals surface area contributed by atoms with Gasteiger partial charge in [-0.2, -0.15) is 0 Å². The van der Waals surface area contributed by atoms with Crippen LogP contribution in [0.4, 0.5) is 0 Å². The highest BCUT2D eigenvalue weighted by atomic mass is 16.3. The minimum absolute atomic E-state index is 0.0225. The Bertz CT molecular complexity index is 813. The number of carbonyl (C=O) groups is 4. The molecule has 122 valence electrons. The van der Waals surface area contributed by atoms with Gasteiger partial charge in [0.1, 0.15) is 6.54 Å². The third-order valence-corrected chi connectivity index (χ3v) is 3.50. The van der Waals surface area contributed by atoms with Crippen molar-refractivity contribution in [3.63, 3.8) is 0 Å². The molecular weight excluding hydrogens is 314 g/mol. The van der Waals surface area contributed by atoms with E-state index in [2.05, 4.69) is 10.9 Å². The molecule has 0 saturated carbocycles. The molecular formula is C16H13N3O5. The highest BCUT2D eigenvalue weighted by Crippen LogP contribution is 2.19. The zero-order valence-corrected chi connectivity index (χ0v) is 12.4. The number of hydrogen-bond donors (Lipinski definition) is 2. The Morgan fingerprint density at radius 1 is 1.08 bits per heavy atom. The number of hydrogen-bond acceptors (Lipinski definition) is 5. The summed E-state index contributed by atoms with van der Waals surface area (Å²) in [6.07, 6.45) is 1.37. The van der Waals surface area contributed by atoms with Crippen LogP contribution in [0.5, 0.6) is 0 Å². The van der Waals surface area contributed by atoms with E-state index in [9.17, 15) is 19.2 Å². The van der Waals surface area contributed by atoms with Gasteiger partial charge in [-0.3, -0.25) is 34.9 Å². The fourth-order valence-electron chi connectivity index (χ4n) is 2.34. The maximum absolute atomic E-state index is 12.3. The Morgan fingerprint density at radius 3 is 2.62 bits per heavy atom. The predicted molar refractivity (Wildman–Crippen MR) is 80.5 cm³/mol. The molecule has 2 heterocycles. The number of nitrogens with zero attached hydrogens (tertiary/aromatic N) is 1. The SMILES string of the molecule is O=C(CN1C(=O)Cc2ccccc2C1=O)NNC(=O)c1ccco1. The molecule has 3 rings (SSSR count). The summed E-state index contributed by atoms with van der Waals surface area (Å²) in [4.78, 5) is 48.7. The summed E-state index contributed by atoms with van der Waals surface area (Å²) in [7, 11) is 0. The van der Waals surface area contributed by atoms with Gasteiger partial charge in [0.15, 0.2) is 5.76 Å². The number of amides is 4. The summed E-state index contributed by atoms with van der Waals surface area (Å²) in [6.45, 7) is -0.482. The number of benzene rings is 1. The number of rotatable bonds is 3. The van der Waals surface area contributed by atoms with Crippen LogP contribution in [0.1, 0.15) is 26.5 Å². The molecule has 24 heavy (non-hydrogen) atoms. The van der Waals surface area contributed by atoms with E-state index in [1.807, 2.05) is 0 Å². The van der Waals surface area contributed by atoms with Crippen molar-refractivity contribution in [2.24, 2.45) is 0 Å². The summed E-state index contributed by atoms with van der Waals surface area (Å²) in [6, 6.07) is 9.69. The van der Waals surface area contributed by atoms with Crippen LogP contribution in [0.15, 0.2) is 47.1 Å². The molecule has 4 amide bonds. The van der Waals surface area contributed by atoms with Crippen LogP contribution in [0.3, 0.4) is 0 Å². The van der Waals surface area contributed by atoms with Crippen LogP contribution in [0.25, 0.3) is 0 Å². The molecule has 0 radical (unpaired) electrons. The third kappa shape index (κ3) is 3.02. The monoisotopic (exact) mass is 327 g/mol. The highest BCUT2D eigenvalue weighted by Gasteiger charge is 2.32. The van der Waals surface area contributed by atoms with Gasteiger partial charge in [0, 0.05) is 5.56 Å². The molecule has 2 aromatic rings. The van der Waals surface area contributed by atoms with E-state index >= 15 is 0 Å². The molecule has 1 aliphatic heterocycles. The van der Waals surface area contributed by atoms with Crippen molar-refractivity contribution in [2.45, 2.75) is 6.42 Å². The highest BCUT2D eigenvalue weighted by molar-refractivity contribution is 6.11. The van der Waals surface area contributed by atoms with Gasteiger partial charge in [-0.15, -0.1) is 0 Å². The molecule has 1 aliphatic rings. The van der Waals surface area contributed by atoms with Gasteiger partial charge in [0.2, 0.25) is 5.91 Å². The Labute approximate surface area is 136 Å². The van der Waals surface area contributed by atoms with Gasteiger partial charge in [-0.05, 0) is 23.8 Å². The Kier molecular flexibility index (Phi) is 4.11. The fraction of sp³-hybridized carbons (Fsp3) is 0.125. The Morgan fingerprint density at radius 2 is 1.88 bits per heavy atom. The van der Waals surface area contributed by atoms with E-state index in [0.717, 1.165) is 4.90 Å². The summed E-state index contributed by atoms with van der Waals surface area (Å²) < 4.78 is 4.87. The van der Waals surface area contributed by atoms with Gasteiger partial charge in [0.05, 0.1) is 12.7 Å². The van der Waals surface area contributed by atoms with Gasteiger partial charge in [0.25, 0.3) is 11.8 Å². The van der Waals surface area contributed by atoms with Gasteiger partial charge in [-0.1, -0.05) is 18.2 Å². The van der Waals surface area contributed by atoms with Crippen molar-refractivity contribution in [1.82, 2.24) is 15.8 Å². The van der Waals surface area contributed by atoms with Crippen molar-refractivity contribution in [2.75, 3.05) is 6.54 Å². The van der Waals surface area contributed by atoms with Crippen molar-refractivity contribution >= 4 is 23.6 Å². The number of carbonyl (C=O) groups excluding carboxylic acids is 4. The molecule has 8 heteroatoms. The van der Waals surface area contributed by atoms with Crippen LogP contribution in [0.2, 0.25) is 0 Å². The molecule has 0 aliphatic carbocycles. The van der Waals surface area contributed by atoms with E-state index in [1.54, 1.807) is 24.3 Å². The largest absolute Gasteiger partial charge is 0.459 e. The normalized spacial score (nSPS) is 13.4. The molecule has 0 spiro atoms. The molecule has 8 nitrogen and oxygen atoms in total. The second kappa shape index (κ2) is 6.37. The topological polar surface area (TPSA) is 109 Å². The molecule has 1 aromatic carbocycles. The van der Waals surface area contributed by atoms with Crippen LogP contribution in [-0.4, -0.2) is 35.1 Å². The molecule has 0 unspecified atom stereocenters. The number of imide groups is 1. The summed E-state index contributed by atoms with van der Waals surface area (Å²) in [5, 5.41) is 0. The van der Waals surface area contributed by atoms with E-state index in [-0.39, 0.29) is 12.2 Å². The van der Waals surface area contributed by atoms with Crippen molar-refractivity contribution in [1.29, 1.82) is 0 Å². The third-order valence-electron chi connectivity index (χ3n) is 3.50. The number of hydrazine groups is 1. The van der Waals surface area contributed by atoms with Crippen molar-refractivity contribution in [3.8, 4) is 0 Å². The zero-order chi connectivity index (χ0) is 17.1. The molecule has 0 fully saturated rings. The molecule has 0 atom stereocenters. The van der Waals surface area contributed by atoms with Gasteiger partial charge < -0.3 is 4.42 Å². The van der Waals surface area contributed by atoms with Gasteiger partial charge >= 0.3 is 5.91 Å². The minimum Gasteiger partial charge on any atom is -0.459 e. The first kappa shape index (κ1) is 15.5. The maximum Gasteiger partial charge on any atom is 0.305 e. The van der Waals surface area contributed by atoms with Crippen LogP contribution < -0.4 is 10.9 Å². The summed E-state index contributed by atoms with van der Waals surface area (Å²) >= 11 is 0. The fourth-order valence-corrected chi connectivity index (χ4v) is 2.34. The molecule has 0 bridgehead atoms. The van der Waals surface area contributed by atoms with E-state index < -0.39 is 30.2 Å². The second-order valence-corrected chi connectivity index (χ2v) is 5.10. The lowest BCUT2D eigenvalue weighted by Gasteiger charge is -2.26. The molecule has 2 N–H and O–H groups in total. The van der Waals surface area contributed by atoms with Crippen LogP contribution in [0, 0.1) is 0 Å². The Hall–Kier alpha value is -3.42. The first-order valence-corrected chi connectivity index (χ1v) is 7.11. The average molecular weight is 327 g/mol. The lowest BCUT2D eigenvalue weighted by Crippen LogP contribution is -2.51. The average Bonchev–Trinajstić information content (AvgIpc) is 3.11. The standard InChI is InChI=1S/C16H13N3O5/c20-13(17-18-15(22)12-6-3-7-24-12)9-19-14(21)8-10-4-1-2-5-11(10)16(19)23/h1-7H,8-9H2,(H,17,20)(H,18,22). The maximum atomic E-state index is 12.3. The van der Waals surface area contributed by atoms with Crippen LogP contribution >= 0.6 is 0 Å². The lowest BCUT2D eigenvalue weighted by atomic mass is 9.98. The first-order valence-electron chi connectivity index (χ1n) is 7.11. The van der Waals surface area contributed by atoms with Gasteiger partial charge in [-0.25, -0.2) is 0 Å². The van der Waals surface area contributed by atoms with E-state index in [4.69, 9.17) is 4.42 Å². The minimum atomic E-state index is -0.698. The lowest BCUT2D eigenvalue weighted by molar-refractivity contribution is -0.133. The van der Waals surface area contributed by atoms with E-state index in [1.165, 1.54) is 18.4 Å². The zero-order valence-electron chi connectivity index (χ0n) is 12.4. The summed E-state index contributed by atoms with van der Waals surface area (Å²) in [5.41, 5.74) is 5.31. The number of fused-ring (bicyclic) bond motifs is 1. The van der Waals surface area contributed by atoms with Crippen molar-refractivity contribution < 1.29 is 23.6 Å². The Balaban J connectivity index is 1.61.